The summed E-state index contributed by atoms with van der Waals surface area (Å²) in [6.45, 7) is 5.48. The van der Waals surface area contributed by atoms with E-state index in [1.165, 1.54) is 6.07 Å². The molecule has 0 saturated carbocycles. The summed E-state index contributed by atoms with van der Waals surface area (Å²) in [7, 11) is -3.64. The third-order valence-corrected chi connectivity index (χ3v) is 4.48. The summed E-state index contributed by atoms with van der Waals surface area (Å²) in [5.74, 6) is 0. The Labute approximate surface area is 107 Å². The van der Waals surface area contributed by atoms with E-state index in [1.54, 1.807) is 26.0 Å². The monoisotopic (exact) mass is 276 g/mol. The highest BCUT2D eigenvalue weighted by molar-refractivity contribution is 7.89. The average molecular weight is 277 g/mol. The van der Waals surface area contributed by atoms with Crippen molar-refractivity contribution in [3.05, 3.63) is 28.8 Å². The summed E-state index contributed by atoms with van der Waals surface area (Å²) in [4.78, 5) is 0.0753. The molecule has 0 amide bonds. The molecule has 1 aromatic carbocycles. The van der Waals surface area contributed by atoms with Crippen LogP contribution in [0.1, 0.15) is 19.4 Å². The molecule has 0 aliphatic heterocycles. The minimum atomic E-state index is -3.64. The smallest absolute Gasteiger partial charge is 0.242 e. The number of rotatable bonds is 4. The molecule has 0 aliphatic rings. The van der Waals surface area contributed by atoms with Crippen molar-refractivity contribution in [2.24, 2.45) is 5.73 Å². The van der Waals surface area contributed by atoms with Crippen molar-refractivity contribution in [1.29, 1.82) is 0 Å². The molecular weight excluding hydrogens is 260 g/mol. The molecule has 96 valence electrons. The van der Waals surface area contributed by atoms with Crippen molar-refractivity contribution in [3.63, 3.8) is 0 Å². The second-order valence-corrected chi connectivity index (χ2v) is 6.69. The molecule has 0 fully saturated rings. The number of hydrogen-bond acceptors (Lipinski definition) is 3. The van der Waals surface area contributed by atoms with Crippen molar-refractivity contribution in [3.8, 4) is 0 Å². The highest BCUT2D eigenvalue weighted by Gasteiger charge is 2.26. The van der Waals surface area contributed by atoms with Gasteiger partial charge in [0.05, 0.1) is 5.02 Å². The van der Waals surface area contributed by atoms with Crippen LogP contribution >= 0.6 is 11.6 Å². The number of benzene rings is 1. The molecular formula is C11H17ClN2O2S. The Bertz CT molecular complexity index is 512. The third kappa shape index (κ3) is 3.67. The van der Waals surface area contributed by atoms with Gasteiger partial charge in [0.25, 0.3) is 0 Å². The van der Waals surface area contributed by atoms with Crippen molar-refractivity contribution in [2.45, 2.75) is 31.2 Å². The molecule has 1 aromatic rings. The summed E-state index contributed by atoms with van der Waals surface area (Å²) in [6.07, 6.45) is 0. The van der Waals surface area contributed by atoms with E-state index in [0.29, 0.717) is 0 Å². The van der Waals surface area contributed by atoms with E-state index < -0.39 is 15.6 Å². The molecule has 0 aliphatic carbocycles. The summed E-state index contributed by atoms with van der Waals surface area (Å²) < 4.78 is 26.7. The average Bonchev–Trinajstić information content (AvgIpc) is 2.15. The number of hydrogen-bond donors (Lipinski definition) is 2. The highest BCUT2D eigenvalue weighted by Crippen LogP contribution is 2.23. The summed E-state index contributed by atoms with van der Waals surface area (Å²) in [6, 6.07) is 4.81. The topological polar surface area (TPSA) is 72.2 Å². The Morgan fingerprint density at radius 1 is 1.41 bits per heavy atom. The lowest BCUT2D eigenvalue weighted by Crippen LogP contribution is -2.48. The fourth-order valence-electron chi connectivity index (χ4n) is 1.28. The Kier molecular flexibility index (Phi) is 4.19. The normalized spacial score (nSPS) is 12.8. The molecule has 6 heteroatoms. The van der Waals surface area contributed by atoms with E-state index in [-0.39, 0.29) is 16.5 Å². The van der Waals surface area contributed by atoms with Crippen LogP contribution in [-0.4, -0.2) is 20.5 Å². The molecule has 0 aromatic heterocycles. The third-order valence-electron chi connectivity index (χ3n) is 2.30. The van der Waals surface area contributed by atoms with E-state index in [0.717, 1.165) is 5.56 Å². The van der Waals surface area contributed by atoms with E-state index >= 15 is 0 Å². The predicted octanol–water partition coefficient (Wildman–Crippen LogP) is 1.66. The fraction of sp³-hybridized carbons (Fsp3) is 0.455. The van der Waals surface area contributed by atoms with Crippen molar-refractivity contribution < 1.29 is 8.42 Å². The minimum Gasteiger partial charge on any atom is -0.329 e. The summed E-state index contributed by atoms with van der Waals surface area (Å²) in [5.41, 5.74) is 5.70. The lowest BCUT2D eigenvalue weighted by molar-refractivity contribution is 0.462. The van der Waals surface area contributed by atoms with E-state index in [1.807, 2.05) is 6.92 Å². The van der Waals surface area contributed by atoms with Gasteiger partial charge in [0.1, 0.15) is 4.90 Å². The molecule has 0 spiro atoms. The Morgan fingerprint density at radius 2 is 2.00 bits per heavy atom. The molecule has 0 bridgehead atoms. The number of sulfonamides is 1. The van der Waals surface area contributed by atoms with E-state index in [9.17, 15) is 8.42 Å². The second-order valence-electron chi connectivity index (χ2n) is 4.63. The van der Waals surface area contributed by atoms with Gasteiger partial charge in [-0.1, -0.05) is 17.7 Å². The molecule has 0 radical (unpaired) electrons. The first kappa shape index (κ1) is 14.4. The summed E-state index contributed by atoms with van der Waals surface area (Å²) in [5, 5.41) is 0.213. The molecule has 3 N–H and O–H groups in total. The Morgan fingerprint density at radius 3 is 2.47 bits per heavy atom. The molecule has 17 heavy (non-hydrogen) atoms. The Balaban J connectivity index is 3.14. The van der Waals surface area contributed by atoms with Gasteiger partial charge >= 0.3 is 0 Å². The lowest BCUT2D eigenvalue weighted by Gasteiger charge is -2.24. The van der Waals surface area contributed by atoms with E-state index in [2.05, 4.69) is 4.72 Å². The maximum Gasteiger partial charge on any atom is 0.242 e. The number of nitrogens with one attached hydrogen (secondary N) is 1. The largest absolute Gasteiger partial charge is 0.329 e. The zero-order valence-electron chi connectivity index (χ0n) is 10.1. The molecule has 0 unspecified atom stereocenters. The molecule has 0 heterocycles. The molecule has 0 atom stereocenters. The van der Waals surface area contributed by atoms with Crippen LogP contribution in [-0.2, 0) is 10.0 Å². The van der Waals surface area contributed by atoms with Crippen LogP contribution in [0.5, 0.6) is 0 Å². The molecule has 4 nitrogen and oxygen atoms in total. The van der Waals surface area contributed by atoms with Gasteiger partial charge in [-0.25, -0.2) is 13.1 Å². The van der Waals surface area contributed by atoms with Crippen LogP contribution in [0.25, 0.3) is 0 Å². The van der Waals surface area contributed by atoms with Crippen LogP contribution in [0.3, 0.4) is 0 Å². The zero-order valence-corrected chi connectivity index (χ0v) is 11.7. The minimum absolute atomic E-state index is 0.0753. The van der Waals surface area contributed by atoms with Crippen LogP contribution < -0.4 is 10.5 Å². The van der Waals surface area contributed by atoms with Gasteiger partial charge in [0, 0.05) is 12.1 Å². The maximum atomic E-state index is 12.1. The van der Waals surface area contributed by atoms with Gasteiger partial charge in [-0.05, 0) is 38.5 Å². The van der Waals surface area contributed by atoms with Crippen molar-refractivity contribution in [2.75, 3.05) is 6.54 Å². The predicted molar refractivity (Wildman–Crippen MR) is 69.6 cm³/mol. The van der Waals surface area contributed by atoms with Gasteiger partial charge in [-0.2, -0.15) is 0 Å². The molecule has 0 saturated heterocycles. The number of aryl methyl sites for hydroxylation is 1. The lowest BCUT2D eigenvalue weighted by atomic mass is 10.1. The van der Waals surface area contributed by atoms with Gasteiger partial charge in [0.15, 0.2) is 0 Å². The number of nitrogens with two attached hydrogens (primary N) is 1. The van der Waals surface area contributed by atoms with Crippen LogP contribution in [0.4, 0.5) is 0 Å². The van der Waals surface area contributed by atoms with Gasteiger partial charge in [-0.3, -0.25) is 0 Å². The maximum absolute atomic E-state index is 12.1. The fourth-order valence-corrected chi connectivity index (χ4v) is 3.31. The quantitative estimate of drug-likeness (QED) is 0.879. The second kappa shape index (κ2) is 4.94. The van der Waals surface area contributed by atoms with Crippen molar-refractivity contribution >= 4 is 21.6 Å². The highest BCUT2D eigenvalue weighted by atomic mass is 35.5. The summed E-state index contributed by atoms with van der Waals surface area (Å²) >= 11 is 5.94. The van der Waals surface area contributed by atoms with Crippen LogP contribution in [0, 0.1) is 6.92 Å². The van der Waals surface area contributed by atoms with Crippen molar-refractivity contribution in [1.82, 2.24) is 4.72 Å². The van der Waals surface area contributed by atoms with E-state index in [4.69, 9.17) is 17.3 Å². The van der Waals surface area contributed by atoms with Crippen LogP contribution in [0.2, 0.25) is 5.02 Å². The first-order chi connectivity index (χ1) is 7.68. The van der Waals surface area contributed by atoms with Gasteiger partial charge in [0.2, 0.25) is 10.0 Å². The standard InChI is InChI=1S/C11H17ClN2O2S/c1-8-4-5-10(9(12)6-8)17(15,16)14-11(2,3)7-13/h4-6,14H,7,13H2,1-3H3. The first-order valence-electron chi connectivity index (χ1n) is 5.18. The Hall–Kier alpha value is -0.620. The number of halogens is 1. The zero-order chi connectivity index (χ0) is 13.3. The first-order valence-corrected chi connectivity index (χ1v) is 7.04. The molecule has 1 rings (SSSR count). The van der Waals surface area contributed by atoms with Crippen LogP contribution in [0.15, 0.2) is 23.1 Å². The van der Waals surface area contributed by atoms with Gasteiger partial charge in [-0.15, -0.1) is 0 Å². The SMILES string of the molecule is Cc1ccc(S(=O)(=O)NC(C)(C)CN)c(Cl)c1. The van der Waals surface area contributed by atoms with Gasteiger partial charge < -0.3 is 5.73 Å².